The fourth-order valence-electron chi connectivity index (χ4n) is 1.04. The highest BCUT2D eigenvalue weighted by atomic mass is 16.1. The molecule has 0 spiro atoms. The van der Waals surface area contributed by atoms with Crippen molar-refractivity contribution in [2.24, 2.45) is 0 Å². The third-order valence-electron chi connectivity index (χ3n) is 1.66. The third-order valence-corrected chi connectivity index (χ3v) is 1.66. The Balaban J connectivity index is 3.15. The van der Waals surface area contributed by atoms with E-state index in [4.69, 9.17) is 0 Å². The van der Waals surface area contributed by atoms with E-state index in [1.54, 1.807) is 13.1 Å². The molecule has 1 amide bonds. The Bertz CT molecular complexity index is 385. The Labute approximate surface area is 83.1 Å². The molecule has 0 bridgehead atoms. The van der Waals surface area contributed by atoms with E-state index in [9.17, 15) is 4.79 Å². The molecule has 4 heteroatoms. The summed E-state index contributed by atoms with van der Waals surface area (Å²) in [4.78, 5) is 19.1. The maximum absolute atomic E-state index is 10.9. The number of rotatable bonds is 2. The minimum absolute atomic E-state index is 0.148. The van der Waals surface area contributed by atoms with Gasteiger partial charge in [0.2, 0.25) is 5.91 Å². The van der Waals surface area contributed by atoms with Crippen molar-refractivity contribution < 1.29 is 4.79 Å². The summed E-state index contributed by atoms with van der Waals surface area (Å²) in [5.74, 6) is 1.00. The van der Waals surface area contributed by atoms with Crippen molar-refractivity contribution in [2.45, 2.75) is 20.8 Å². The lowest BCUT2D eigenvalue weighted by Gasteiger charge is -2.08. The van der Waals surface area contributed by atoms with E-state index >= 15 is 0 Å². The molecule has 1 heterocycles. The first kappa shape index (κ1) is 10.4. The van der Waals surface area contributed by atoms with Crippen LogP contribution in [0.2, 0.25) is 0 Å². The van der Waals surface area contributed by atoms with Crippen molar-refractivity contribution >= 4 is 17.3 Å². The first-order chi connectivity index (χ1) is 6.50. The molecular formula is C10H13N3O. The summed E-state index contributed by atoms with van der Waals surface area (Å²) < 4.78 is 0. The average molecular weight is 191 g/mol. The zero-order chi connectivity index (χ0) is 10.7. The predicted molar refractivity (Wildman–Crippen MR) is 55.8 cm³/mol. The largest absolute Gasteiger partial charge is 0.310 e. The summed E-state index contributed by atoms with van der Waals surface area (Å²) in [5, 5.41) is 2.64. The number of amides is 1. The van der Waals surface area contributed by atoms with Crippen LogP contribution in [0.5, 0.6) is 0 Å². The maximum Gasteiger partial charge on any atom is 0.222 e. The van der Waals surface area contributed by atoms with Crippen LogP contribution in [0.25, 0.3) is 5.57 Å². The number of allylic oxidation sites excluding steroid dienone is 1. The smallest absolute Gasteiger partial charge is 0.222 e. The van der Waals surface area contributed by atoms with Crippen molar-refractivity contribution in [2.75, 3.05) is 5.32 Å². The number of carbonyl (C=O) groups is 1. The highest BCUT2D eigenvalue weighted by molar-refractivity contribution is 5.90. The average Bonchev–Trinajstić information content (AvgIpc) is 2.01. The van der Waals surface area contributed by atoms with Crippen molar-refractivity contribution in [1.29, 1.82) is 0 Å². The van der Waals surface area contributed by atoms with E-state index < -0.39 is 0 Å². The van der Waals surface area contributed by atoms with Gasteiger partial charge in [-0.1, -0.05) is 6.58 Å². The van der Waals surface area contributed by atoms with E-state index in [-0.39, 0.29) is 5.91 Å². The van der Waals surface area contributed by atoms with Crippen LogP contribution in [0.4, 0.5) is 5.82 Å². The number of aryl methyl sites for hydroxylation is 1. The number of nitrogens with one attached hydrogen (secondary N) is 1. The molecule has 1 aromatic rings. The van der Waals surface area contributed by atoms with Gasteiger partial charge < -0.3 is 5.32 Å². The topological polar surface area (TPSA) is 54.9 Å². The van der Waals surface area contributed by atoms with Gasteiger partial charge in [-0.25, -0.2) is 9.97 Å². The normalized spacial score (nSPS) is 9.64. The summed E-state index contributed by atoms with van der Waals surface area (Å²) in [7, 11) is 0. The SMILES string of the molecule is C=C(C)c1cnc(C)nc1NC(C)=O. The number of hydrogen-bond acceptors (Lipinski definition) is 3. The van der Waals surface area contributed by atoms with Gasteiger partial charge in [0.05, 0.1) is 0 Å². The number of hydrogen-bond donors (Lipinski definition) is 1. The molecule has 0 aliphatic rings. The van der Waals surface area contributed by atoms with Crippen molar-refractivity contribution in [1.82, 2.24) is 9.97 Å². The van der Waals surface area contributed by atoms with Crippen molar-refractivity contribution in [3.05, 3.63) is 24.2 Å². The fraction of sp³-hybridized carbons (Fsp3) is 0.300. The van der Waals surface area contributed by atoms with Crippen molar-refractivity contribution in [3.63, 3.8) is 0 Å². The molecule has 74 valence electrons. The predicted octanol–water partition coefficient (Wildman–Crippen LogP) is 1.78. The minimum atomic E-state index is -0.148. The third kappa shape index (κ3) is 2.39. The Morgan fingerprint density at radius 3 is 2.64 bits per heavy atom. The van der Waals surface area contributed by atoms with Gasteiger partial charge >= 0.3 is 0 Å². The molecule has 0 aliphatic carbocycles. The van der Waals surface area contributed by atoms with Gasteiger partial charge in [-0.05, 0) is 19.4 Å². The van der Waals surface area contributed by atoms with Crippen LogP contribution >= 0.6 is 0 Å². The van der Waals surface area contributed by atoms with Crippen molar-refractivity contribution in [3.8, 4) is 0 Å². The Hall–Kier alpha value is -1.71. The van der Waals surface area contributed by atoms with E-state index in [0.717, 1.165) is 11.1 Å². The van der Waals surface area contributed by atoms with Gasteiger partial charge in [-0.2, -0.15) is 0 Å². The standard InChI is InChI=1S/C10H13N3O/c1-6(2)9-5-11-7(3)12-10(9)13-8(4)14/h5H,1H2,2-4H3,(H,11,12,13,14). The molecule has 0 aliphatic heterocycles. The minimum Gasteiger partial charge on any atom is -0.310 e. The summed E-state index contributed by atoms with van der Waals surface area (Å²) in [6, 6.07) is 0. The zero-order valence-corrected chi connectivity index (χ0v) is 8.59. The van der Waals surface area contributed by atoms with Gasteiger partial charge in [-0.3, -0.25) is 4.79 Å². The van der Waals surface area contributed by atoms with E-state index in [0.29, 0.717) is 11.6 Å². The molecule has 0 aromatic carbocycles. The van der Waals surface area contributed by atoms with Gasteiger partial charge in [-0.15, -0.1) is 0 Å². The van der Waals surface area contributed by atoms with E-state index in [1.165, 1.54) is 6.92 Å². The van der Waals surface area contributed by atoms with Crippen LogP contribution in [0, 0.1) is 6.92 Å². The first-order valence-corrected chi connectivity index (χ1v) is 4.28. The lowest BCUT2D eigenvalue weighted by molar-refractivity contribution is -0.114. The van der Waals surface area contributed by atoms with Crippen LogP contribution < -0.4 is 5.32 Å². The molecule has 4 nitrogen and oxygen atoms in total. The summed E-state index contributed by atoms with van der Waals surface area (Å²) in [6.45, 7) is 8.85. The van der Waals surface area contributed by atoms with Crippen LogP contribution in [-0.2, 0) is 4.79 Å². The number of aromatic nitrogens is 2. The molecule has 0 radical (unpaired) electrons. The molecule has 0 fully saturated rings. The van der Waals surface area contributed by atoms with Crippen LogP contribution in [-0.4, -0.2) is 15.9 Å². The van der Waals surface area contributed by atoms with E-state index in [2.05, 4.69) is 21.9 Å². The van der Waals surface area contributed by atoms with Gasteiger partial charge in [0, 0.05) is 18.7 Å². The Morgan fingerprint density at radius 2 is 2.14 bits per heavy atom. The van der Waals surface area contributed by atoms with Crippen LogP contribution in [0.15, 0.2) is 12.8 Å². The molecule has 1 rings (SSSR count). The quantitative estimate of drug-likeness (QED) is 0.775. The number of anilines is 1. The molecule has 0 saturated carbocycles. The number of carbonyl (C=O) groups excluding carboxylic acids is 1. The molecule has 0 saturated heterocycles. The van der Waals surface area contributed by atoms with Crippen LogP contribution in [0.1, 0.15) is 25.2 Å². The molecule has 1 aromatic heterocycles. The summed E-state index contributed by atoms with van der Waals surface area (Å²) >= 11 is 0. The van der Waals surface area contributed by atoms with Crippen LogP contribution in [0.3, 0.4) is 0 Å². The van der Waals surface area contributed by atoms with Gasteiger partial charge in [0.25, 0.3) is 0 Å². The molecule has 0 atom stereocenters. The maximum atomic E-state index is 10.9. The lowest BCUT2D eigenvalue weighted by Crippen LogP contribution is -2.10. The second-order valence-corrected chi connectivity index (χ2v) is 3.14. The first-order valence-electron chi connectivity index (χ1n) is 4.28. The van der Waals surface area contributed by atoms with E-state index in [1.807, 2.05) is 6.92 Å². The monoisotopic (exact) mass is 191 g/mol. The number of nitrogens with zero attached hydrogens (tertiary/aromatic N) is 2. The zero-order valence-electron chi connectivity index (χ0n) is 8.59. The molecule has 14 heavy (non-hydrogen) atoms. The highest BCUT2D eigenvalue weighted by Gasteiger charge is 2.07. The Morgan fingerprint density at radius 1 is 1.50 bits per heavy atom. The second kappa shape index (κ2) is 4.00. The lowest BCUT2D eigenvalue weighted by atomic mass is 10.1. The molecular weight excluding hydrogens is 178 g/mol. The summed E-state index contributed by atoms with van der Waals surface area (Å²) in [6.07, 6.45) is 1.66. The molecule has 1 N–H and O–H groups in total. The molecule has 0 unspecified atom stereocenters. The second-order valence-electron chi connectivity index (χ2n) is 3.14. The summed E-state index contributed by atoms with van der Waals surface area (Å²) in [5.41, 5.74) is 1.60. The van der Waals surface area contributed by atoms with Gasteiger partial charge in [0.1, 0.15) is 11.6 Å². The Kier molecular flexibility index (Phi) is 2.96. The highest BCUT2D eigenvalue weighted by Crippen LogP contribution is 2.18. The van der Waals surface area contributed by atoms with Gasteiger partial charge in [0.15, 0.2) is 0 Å². The fourth-order valence-corrected chi connectivity index (χ4v) is 1.04.